The first-order valence-corrected chi connectivity index (χ1v) is 11.0. The van der Waals surface area contributed by atoms with Crippen LogP contribution in [0.2, 0.25) is 5.02 Å². The minimum Gasteiger partial charge on any atom is -0.478 e. The molecule has 0 amide bonds. The first kappa shape index (κ1) is 21.5. The first-order valence-electron chi connectivity index (χ1n) is 10.6. The summed E-state index contributed by atoms with van der Waals surface area (Å²) in [6, 6.07) is 14.7. The Kier molecular flexibility index (Phi) is 6.94. The van der Waals surface area contributed by atoms with Crippen LogP contribution in [0.3, 0.4) is 0 Å². The molecule has 2 heterocycles. The number of carboxylic acids is 1. The van der Waals surface area contributed by atoms with Gasteiger partial charge in [0.1, 0.15) is 0 Å². The number of nitrogens with zero attached hydrogens (tertiary/aromatic N) is 3. The number of ether oxygens (including phenoxy) is 1. The van der Waals surface area contributed by atoms with Crippen molar-refractivity contribution in [1.29, 1.82) is 0 Å². The highest BCUT2D eigenvalue weighted by atomic mass is 35.5. The number of anilines is 2. The molecule has 31 heavy (non-hydrogen) atoms. The molecule has 8 heteroatoms. The van der Waals surface area contributed by atoms with E-state index in [4.69, 9.17) is 21.3 Å². The van der Waals surface area contributed by atoms with Crippen molar-refractivity contribution in [2.45, 2.75) is 18.9 Å². The number of hydrogen-bond donors (Lipinski definition) is 2. The largest absolute Gasteiger partial charge is 0.478 e. The quantitative estimate of drug-likeness (QED) is 0.541. The smallest absolute Gasteiger partial charge is 0.335 e. The van der Waals surface area contributed by atoms with Crippen molar-refractivity contribution in [3.63, 3.8) is 0 Å². The van der Waals surface area contributed by atoms with Crippen molar-refractivity contribution in [3.05, 3.63) is 59.1 Å². The lowest BCUT2D eigenvalue weighted by atomic mass is 10.2. The molecule has 2 fully saturated rings. The van der Waals surface area contributed by atoms with Gasteiger partial charge >= 0.3 is 5.97 Å². The van der Waals surface area contributed by atoms with Gasteiger partial charge in [0, 0.05) is 49.2 Å². The number of carbonyl (C=O) groups is 1. The zero-order valence-electron chi connectivity index (χ0n) is 17.3. The summed E-state index contributed by atoms with van der Waals surface area (Å²) in [7, 11) is 0. The monoisotopic (exact) mass is 442 g/mol. The van der Waals surface area contributed by atoms with Crippen LogP contribution in [0.5, 0.6) is 0 Å². The van der Waals surface area contributed by atoms with Crippen LogP contribution in [0, 0.1) is 0 Å². The third-order valence-electron chi connectivity index (χ3n) is 5.61. The number of benzene rings is 2. The van der Waals surface area contributed by atoms with Crippen LogP contribution in [0.15, 0.2) is 53.5 Å². The third-order valence-corrected chi connectivity index (χ3v) is 5.86. The number of aliphatic imine (C=N–C) groups is 1. The summed E-state index contributed by atoms with van der Waals surface area (Å²) in [6.45, 7) is 4.72. The SMILES string of the molecule is O=C(O)c1cccc(NC(=NC[C@@H]2CCCO2)N2CCN(c3ccc(Cl)cc3)CC2)c1. The average molecular weight is 443 g/mol. The molecule has 0 spiro atoms. The number of halogens is 1. The van der Waals surface area contributed by atoms with Crippen molar-refractivity contribution >= 4 is 34.9 Å². The standard InChI is InChI=1S/C23H27ClN4O3/c24-18-6-8-20(9-7-18)27-10-12-28(13-11-27)23(25-16-21-5-2-14-31-21)26-19-4-1-3-17(15-19)22(29)30/h1,3-4,6-9,15,21H,2,5,10-14,16H2,(H,25,26)(H,29,30)/t21-/m0/s1. The molecule has 2 aliphatic rings. The molecule has 2 aromatic carbocycles. The summed E-state index contributed by atoms with van der Waals surface area (Å²) in [5.41, 5.74) is 2.12. The molecule has 7 nitrogen and oxygen atoms in total. The molecule has 2 aliphatic heterocycles. The zero-order valence-corrected chi connectivity index (χ0v) is 18.1. The van der Waals surface area contributed by atoms with E-state index in [0.29, 0.717) is 12.2 Å². The third kappa shape index (κ3) is 5.68. The van der Waals surface area contributed by atoms with Gasteiger partial charge < -0.3 is 25.0 Å². The highest BCUT2D eigenvalue weighted by Crippen LogP contribution is 2.20. The normalized spacial score (nSPS) is 19.5. The first-order chi connectivity index (χ1) is 15.1. The molecular formula is C23H27ClN4O3. The number of rotatable bonds is 5. The van der Waals surface area contributed by atoms with E-state index in [0.717, 1.165) is 62.3 Å². The molecular weight excluding hydrogens is 416 g/mol. The van der Waals surface area contributed by atoms with Gasteiger partial charge in [-0.25, -0.2) is 4.79 Å². The van der Waals surface area contributed by atoms with E-state index in [1.165, 1.54) is 0 Å². The van der Waals surface area contributed by atoms with Crippen molar-refractivity contribution < 1.29 is 14.6 Å². The van der Waals surface area contributed by atoms with Crippen LogP contribution in [-0.2, 0) is 4.74 Å². The summed E-state index contributed by atoms with van der Waals surface area (Å²) in [5, 5.41) is 13.4. The Morgan fingerprint density at radius 3 is 2.61 bits per heavy atom. The van der Waals surface area contributed by atoms with Crippen LogP contribution in [0.4, 0.5) is 11.4 Å². The number of hydrogen-bond acceptors (Lipinski definition) is 4. The molecule has 0 aromatic heterocycles. The van der Waals surface area contributed by atoms with Crippen molar-refractivity contribution in [2.75, 3.05) is 49.5 Å². The van der Waals surface area contributed by atoms with E-state index < -0.39 is 5.97 Å². The van der Waals surface area contributed by atoms with E-state index in [-0.39, 0.29) is 11.7 Å². The molecule has 0 aliphatic carbocycles. The number of nitrogens with one attached hydrogen (secondary N) is 1. The highest BCUT2D eigenvalue weighted by molar-refractivity contribution is 6.30. The molecule has 0 saturated carbocycles. The maximum Gasteiger partial charge on any atom is 0.335 e. The fraction of sp³-hybridized carbons (Fsp3) is 0.391. The van der Waals surface area contributed by atoms with Crippen molar-refractivity contribution in [3.8, 4) is 0 Å². The van der Waals surface area contributed by atoms with E-state index in [9.17, 15) is 9.90 Å². The molecule has 4 rings (SSSR count). The van der Waals surface area contributed by atoms with Gasteiger partial charge in [0.25, 0.3) is 0 Å². The maximum absolute atomic E-state index is 11.3. The molecule has 0 radical (unpaired) electrons. The Morgan fingerprint density at radius 2 is 1.94 bits per heavy atom. The second-order valence-electron chi connectivity index (χ2n) is 7.76. The van der Waals surface area contributed by atoms with E-state index >= 15 is 0 Å². The maximum atomic E-state index is 11.3. The van der Waals surface area contributed by atoms with E-state index in [1.54, 1.807) is 18.2 Å². The van der Waals surface area contributed by atoms with E-state index in [2.05, 4.69) is 15.1 Å². The van der Waals surface area contributed by atoms with Crippen LogP contribution in [0.25, 0.3) is 0 Å². The minimum atomic E-state index is -0.946. The second-order valence-corrected chi connectivity index (χ2v) is 8.20. The zero-order chi connectivity index (χ0) is 21.6. The Morgan fingerprint density at radius 1 is 1.16 bits per heavy atom. The molecule has 0 unspecified atom stereocenters. The Hall–Kier alpha value is -2.77. The predicted molar refractivity (Wildman–Crippen MR) is 124 cm³/mol. The average Bonchev–Trinajstić information content (AvgIpc) is 3.31. The van der Waals surface area contributed by atoms with Crippen molar-refractivity contribution in [2.24, 2.45) is 4.99 Å². The van der Waals surface area contributed by atoms with Crippen LogP contribution in [0.1, 0.15) is 23.2 Å². The fourth-order valence-electron chi connectivity index (χ4n) is 3.88. The molecule has 164 valence electrons. The van der Waals surface area contributed by atoms with Gasteiger partial charge in [-0.1, -0.05) is 17.7 Å². The molecule has 2 saturated heterocycles. The Balaban J connectivity index is 1.46. The Bertz CT molecular complexity index is 921. The predicted octanol–water partition coefficient (Wildman–Crippen LogP) is 3.81. The van der Waals surface area contributed by atoms with Crippen LogP contribution in [-0.4, -0.2) is 67.4 Å². The molecule has 2 aromatic rings. The summed E-state index contributed by atoms with van der Waals surface area (Å²) in [5.74, 6) is -0.188. The summed E-state index contributed by atoms with van der Waals surface area (Å²) >= 11 is 6.01. The van der Waals surface area contributed by atoms with Gasteiger partial charge in [0.15, 0.2) is 5.96 Å². The van der Waals surface area contributed by atoms with Gasteiger partial charge in [-0.15, -0.1) is 0 Å². The summed E-state index contributed by atoms with van der Waals surface area (Å²) in [6.07, 6.45) is 2.25. The number of piperazine rings is 1. The van der Waals surface area contributed by atoms with Gasteiger partial charge in [-0.05, 0) is 55.3 Å². The van der Waals surface area contributed by atoms with Gasteiger partial charge in [0.2, 0.25) is 0 Å². The van der Waals surface area contributed by atoms with Gasteiger partial charge in [0.05, 0.1) is 18.2 Å². The molecule has 1 atom stereocenters. The van der Waals surface area contributed by atoms with Crippen LogP contribution >= 0.6 is 11.6 Å². The minimum absolute atomic E-state index is 0.150. The van der Waals surface area contributed by atoms with Crippen molar-refractivity contribution in [1.82, 2.24) is 4.90 Å². The number of guanidine groups is 1. The fourth-order valence-corrected chi connectivity index (χ4v) is 4.01. The summed E-state index contributed by atoms with van der Waals surface area (Å²) < 4.78 is 5.73. The lowest BCUT2D eigenvalue weighted by molar-refractivity contribution is 0.0697. The highest BCUT2D eigenvalue weighted by Gasteiger charge is 2.22. The number of aromatic carboxylic acids is 1. The number of carboxylic acid groups (broad SMARTS) is 1. The second kappa shape index (κ2) is 10.0. The van der Waals surface area contributed by atoms with E-state index in [1.807, 2.05) is 30.3 Å². The summed E-state index contributed by atoms with van der Waals surface area (Å²) in [4.78, 5) is 20.7. The lowest BCUT2D eigenvalue weighted by Gasteiger charge is -2.38. The lowest BCUT2D eigenvalue weighted by Crippen LogP contribution is -2.51. The van der Waals surface area contributed by atoms with Gasteiger partial charge in [-0.3, -0.25) is 4.99 Å². The van der Waals surface area contributed by atoms with Gasteiger partial charge in [-0.2, -0.15) is 0 Å². The van der Waals surface area contributed by atoms with Crippen LogP contribution < -0.4 is 10.2 Å². The Labute approximate surface area is 187 Å². The molecule has 0 bridgehead atoms. The topological polar surface area (TPSA) is 77.4 Å². The molecule has 2 N–H and O–H groups in total.